The van der Waals surface area contributed by atoms with E-state index < -0.39 is 0 Å². The van der Waals surface area contributed by atoms with Crippen LogP contribution in [0.4, 0.5) is 5.13 Å². The fourth-order valence-corrected chi connectivity index (χ4v) is 4.26. The minimum atomic E-state index is -0.295. The number of carbonyl (C=O) groups is 1. The predicted octanol–water partition coefficient (Wildman–Crippen LogP) is 1.67. The maximum absolute atomic E-state index is 12.7. The second kappa shape index (κ2) is 7.57. The second-order valence-electron chi connectivity index (χ2n) is 5.97. The van der Waals surface area contributed by atoms with Crippen molar-refractivity contribution < 1.29 is 4.79 Å². The number of anilines is 1. The zero-order valence-electron chi connectivity index (χ0n) is 14.5. The van der Waals surface area contributed by atoms with Crippen LogP contribution in [0.5, 0.6) is 0 Å². The number of amides is 1. The van der Waals surface area contributed by atoms with Gasteiger partial charge in [0.25, 0.3) is 5.56 Å². The second-order valence-corrected chi connectivity index (χ2v) is 8.17. The van der Waals surface area contributed by atoms with Crippen LogP contribution in [0.1, 0.15) is 18.2 Å². The van der Waals surface area contributed by atoms with Gasteiger partial charge in [-0.1, -0.05) is 11.8 Å². The van der Waals surface area contributed by atoms with Crippen LogP contribution in [0.15, 0.2) is 21.5 Å². The summed E-state index contributed by atoms with van der Waals surface area (Å²) in [7, 11) is 0. The molecular weight excluding hydrogens is 358 g/mol. The summed E-state index contributed by atoms with van der Waals surface area (Å²) in [6, 6.07) is 0. The molecule has 2 aromatic rings. The van der Waals surface area contributed by atoms with Crippen LogP contribution in [0, 0.1) is 13.8 Å². The van der Waals surface area contributed by atoms with Crippen LogP contribution in [0.3, 0.4) is 0 Å². The molecule has 1 fully saturated rings. The fourth-order valence-electron chi connectivity index (χ4n) is 2.64. The molecule has 1 amide bonds. The number of aromatic nitrogens is 3. The maximum atomic E-state index is 12.7. The first-order chi connectivity index (χ1) is 12.0. The van der Waals surface area contributed by atoms with Crippen molar-refractivity contribution in [3.63, 3.8) is 0 Å². The van der Waals surface area contributed by atoms with Crippen LogP contribution < -0.4 is 10.5 Å². The van der Waals surface area contributed by atoms with Gasteiger partial charge in [0.1, 0.15) is 0 Å². The van der Waals surface area contributed by atoms with Crippen molar-refractivity contribution in [1.82, 2.24) is 19.9 Å². The molecule has 0 radical (unpaired) electrons. The fraction of sp³-hybridized carbons (Fsp3) is 0.500. The Morgan fingerprint density at radius 1 is 1.32 bits per heavy atom. The Labute approximate surface area is 154 Å². The van der Waals surface area contributed by atoms with Gasteiger partial charge in [0.2, 0.25) is 5.91 Å². The highest BCUT2D eigenvalue weighted by atomic mass is 32.2. The summed E-state index contributed by atoms with van der Waals surface area (Å²) in [5.41, 5.74) is 1.16. The number of thioether (sulfide) groups is 1. The number of nitrogens with zero attached hydrogens (tertiary/aromatic N) is 4. The number of aryl methyl sites for hydroxylation is 1. The minimum absolute atomic E-state index is 0.0738. The first kappa shape index (κ1) is 17.9. The standard InChI is InChI=1S/C16H21N5O2S2/c1-10-11(2)18-15(19-13(10)22)25-12(3)14(23)20-5-7-21(8-6-20)16-17-4-9-24-16/h4,9,12H,5-8H2,1-3H3,(H,18,19,22)/t12-/m1/s1. The summed E-state index contributed by atoms with van der Waals surface area (Å²) in [5, 5.41) is 3.17. The third-order valence-corrected chi connectivity index (χ3v) is 6.09. The number of hydrogen-bond donors (Lipinski definition) is 1. The average Bonchev–Trinajstić information content (AvgIpc) is 3.13. The van der Waals surface area contributed by atoms with Gasteiger partial charge in [0.15, 0.2) is 10.3 Å². The van der Waals surface area contributed by atoms with Crippen molar-refractivity contribution in [2.45, 2.75) is 31.2 Å². The first-order valence-electron chi connectivity index (χ1n) is 8.13. The third-order valence-electron chi connectivity index (χ3n) is 4.29. The number of thiazole rings is 1. The van der Waals surface area contributed by atoms with Crippen molar-refractivity contribution in [3.8, 4) is 0 Å². The molecule has 1 saturated heterocycles. The van der Waals surface area contributed by atoms with E-state index >= 15 is 0 Å². The molecule has 1 N–H and O–H groups in total. The number of aromatic amines is 1. The van der Waals surface area contributed by atoms with Gasteiger partial charge in [0, 0.05) is 49.0 Å². The smallest absolute Gasteiger partial charge is 0.254 e. The highest BCUT2D eigenvalue weighted by Crippen LogP contribution is 2.23. The monoisotopic (exact) mass is 379 g/mol. The molecule has 2 aromatic heterocycles. The van der Waals surface area contributed by atoms with Gasteiger partial charge < -0.3 is 14.8 Å². The largest absolute Gasteiger partial charge is 0.345 e. The molecule has 7 nitrogen and oxygen atoms in total. The molecule has 25 heavy (non-hydrogen) atoms. The van der Waals surface area contributed by atoms with Crippen molar-refractivity contribution in [2.75, 3.05) is 31.1 Å². The lowest BCUT2D eigenvalue weighted by Gasteiger charge is -2.35. The minimum Gasteiger partial charge on any atom is -0.345 e. The van der Waals surface area contributed by atoms with E-state index in [4.69, 9.17) is 0 Å². The van der Waals surface area contributed by atoms with Crippen LogP contribution >= 0.6 is 23.1 Å². The summed E-state index contributed by atoms with van der Waals surface area (Å²) >= 11 is 2.92. The Balaban J connectivity index is 1.59. The number of rotatable bonds is 4. The molecule has 1 aliphatic heterocycles. The average molecular weight is 380 g/mol. The van der Waals surface area contributed by atoms with Crippen LogP contribution in [-0.2, 0) is 4.79 Å². The molecule has 0 spiro atoms. The molecule has 0 bridgehead atoms. The molecule has 1 aliphatic rings. The molecule has 3 heterocycles. The van der Waals surface area contributed by atoms with Gasteiger partial charge >= 0.3 is 0 Å². The molecule has 9 heteroatoms. The number of carbonyl (C=O) groups excluding carboxylic acids is 1. The highest BCUT2D eigenvalue weighted by Gasteiger charge is 2.26. The van der Waals surface area contributed by atoms with Gasteiger partial charge in [-0.15, -0.1) is 11.3 Å². The molecule has 134 valence electrons. The number of piperazine rings is 1. The van der Waals surface area contributed by atoms with Gasteiger partial charge in [-0.05, 0) is 20.8 Å². The van der Waals surface area contributed by atoms with Gasteiger partial charge in [-0.2, -0.15) is 0 Å². The first-order valence-corrected chi connectivity index (χ1v) is 9.89. The SMILES string of the molecule is Cc1nc(S[C@H](C)C(=O)N2CCN(c3nccs3)CC2)[nH]c(=O)c1C. The summed E-state index contributed by atoms with van der Waals surface area (Å²) in [6.07, 6.45) is 1.80. The molecule has 0 aromatic carbocycles. The van der Waals surface area contributed by atoms with E-state index in [9.17, 15) is 9.59 Å². The zero-order chi connectivity index (χ0) is 18.0. The number of H-pyrrole nitrogens is 1. The lowest BCUT2D eigenvalue weighted by molar-refractivity contribution is -0.130. The third kappa shape index (κ3) is 4.04. The molecule has 3 rings (SSSR count). The van der Waals surface area contributed by atoms with E-state index in [1.807, 2.05) is 17.2 Å². The van der Waals surface area contributed by atoms with E-state index in [1.165, 1.54) is 11.8 Å². The molecule has 1 atom stereocenters. The van der Waals surface area contributed by atoms with E-state index in [1.54, 1.807) is 31.4 Å². The van der Waals surface area contributed by atoms with Crippen LogP contribution in [0.25, 0.3) is 0 Å². The van der Waals surface area contributed by atoms with E-state index in [0.717, 1.165) is 18.2 Å². The summed E-state index contributed by atoms with van der Waals surface area (Å²) in [6.45, 7) is 8.34. The number of hydrogen-bond acceptors (Lipinski definition) is 7. The predicted molar refractivity (Wildman–Crippen MR) is 101 cm³/mol. The topological polar surface area (TPSA) is 82.2 Å². The lowest BCUT2D eigenvalue weighted by Crippen LogP contribution is -2.50. The van der Waals surface area contributed by atoms with Gasteiger partial charge in [-0.25, -0.2) is 9.97 Å². The normalized spacial score (nSPS) is 16.1. The summed E-state index contributed by atoms with van der Waals surface area (Å²) in [5.74, 6) is 0.0738. The lowest BCUT2D eigenvalue weighted by atomic mass is 10.3. The van der Waals surface area contributed by atoms with Crippen molar-refractivity contribution >= 4 is 34.1 Å². The highest BCUT2D eigenvalue weighted by molar-refractivity contribution is 8.00. The zero-order valence-corrected chi connectivity index (χ0v) is 16.1. The van der Waals surface area contributed by atoms with Crippen molar-refractivity contribution in [2.24, 2.45) is 0 Å². The Bertz CT molecular complexity index is 797. The van der Waals surface area contributed by atoms with Gasteiger partial charge in [0.05, 0.1) is 5.25 Å². The Hall–Kier alpha value is -1.87. The summed E-state index contributed by atoms with van der Waals surface area (Å²) in [4.78, 5) is 40.0. The Morgan fingerprint density at radius 2 is 2.04 bits per heavy atom. The maximum Gasteiger partial charge on any atom is 0.254 e. The van der Waals surface area contributed by atoms with E-state index in [-0.39, 0.29) is 16.7 Å². The van der Waals surface area contributed by atoms with Crippen molar-refractivity contribution in [1.29, 1.82) is 0 Å². The molecule has 0 unspecified atom stereocenters. The van der Waals surface area contributed by atoms with Crippen LogP contribution in [-0.4, -0.2) is 57.2 Å². The number of nitrogens with one attached hydrogen (secondary N) is 1. The van der Waals surface area contributed by atoms with Crippen molar-refractivity contribution in [3.05, 3.63) is 33.2 Å². The summed E-state index contributed by atoms with van der Waals surface area (Å²) < 4.78 is 0. The Kier molecular flexibility index (Phi) is 5.43. The van der Waals surface area contributed by atoms with E-state index in [0.29, 0.717) is 29.5 Å². The van der Waals surface area contributed by atoms with Crippen LogP contribution in [0.2, 0.25) is 0 Å². The molecule has 0 aliphatic carbocycles. The van der Waals surface area contributed by atoms with E-state index in [2.05, 4.69) is 19.9 Å². The quantitative estimate of drug-likeness (QED) is 0.643. The van der Waals surface area contributed by atoms with Gasteiger partial charge in [-0.3, -0.25) is 9.59 Å². The Morgan fingerprint density at radius 3 is 2.64 bits per heavy atom. The molecular formula is C16H21N5O2S2. The molecule has 0 saturated carbocycles.